The maximum atomic E-state index is 12.6. The lowest BCUT2D eigenvalue weighted by molar-refractivity contribution is -0.116. The van der Waals surface area contributed by atoms with E-state index in [9.17, 15) is 14.9 Å². The van der Waals surface area contributed by atoms with Crippen LogP contribution in [0.3, 0.4) is 0 Å². The Bertz CT molecular complexity index is 1170. The summed E-state index contributed by atoms with van der Waals surface area (Å²) < 4.78 is 5.42. The topological polar surface area (TPSA) is 108 Å². The monoisotopic (exact) mass is 461 g/mol. The van der Waals surface area contributed by atoms with Crippen LogP contribution in [0.25, 0.3) is 0 Å². The fourth-order valence-corrected chi connectivity index (χ4v) is 4.95. The normalized spacial score (nSPS) is 13.5. The minimum Gasteiger partial charge on any atom is -0.445 e. The van der Waals surface area contributed by atoms with E-state index in [1.807, 2.05) is 19.1 Å². The van der Waals surface area contributed by atoms with Crippen molar-refractivity contribution in [1.29, 1.82) is 5.26 Å². The van der Waals surface area contributed by atoms with Gasteiger partial charge in [-0.1, -0.05) is 13.0 Å². The lowest BCUT2D eigenvalue weighted by Gasteiger charge is -2.26. The molecule has 0 spiro atoms. The Labute approximate surface area is 195 Å². The van der Waals surface area contributed by atoms with E-state index in [1.54, 1.807) is 41.8 Å². The fraction of sp³-hybridized carbons (Fsp3) is 0.292. The Balaban J connectivity index is 1.39. The summed E-state index contributed by atoms with van der Waals surface area (Å²) in [6.45, 7) is 2.95. The number of aromatic nitrogens is 2. The number of nitrogens with one attached hydrogen (secondary N) is 1. The summed E-state index contributed by atoms with van der Waals surface area (Å²) >= 11 is 1.35. The number of carbonyl (C=O) groups excluding carboxylic acids is 2. The molecule has 4 rings (SSSR count). The highest BCUT2D eigenvalue weighted by Crippen LogP contribution is 2.37. The number of thiophene rings is 1. The summed E-state index contributed by atoms with van der Waals surface area (Å²) in [4.78, 5) is 35.7. The lowest BCUT2D eigenvalue weighted by atomic mass is 9.99. The van der Waals surface area contributed by atoms with Crippen LogP contribution in [0, 0.1) is 11.3 Å². The van der Waals surface area contributed by atoms with Crippen molar-refractivity contribution < 1.29 is 14.3 Å². The predicted octanol–water partition coefficient (Wildman–Crippen LogP) is 4.24. The Morgan fingerprint density at radius 2 is 2.09 bits per heavy atom. The second-order valence-corrected chi connectivity index (χ2v) is 8.95. The molecule has 1 atom stereocenters. The Hall–Kier alpha value is -3.77. The number of carbonyl (C=O) groups is 2. The Kier molecular flexibility index (Phi) is 6.95. The van der Waals surface area contributed by atoms with Crippen LogP contribution in [0.5, 0.6) is 0 Å². The van der Waals surface area contributed by atoms with Crippen molar-refractivity contribution in [2.24, 2.45) is 0 Å². The zero-order valence-electron chi connectivity index (χ0n) is 18.2. The second kappa shape index (κ2) is 10.2. The standard InChI is InChI=1S/C24H23N5O3S/c1-16(18-3-2-7-27-13-18)11-22(30)28-23-20(12-25)19-6-10-29(14-21(19)33-23)24(31)32-15-17-4-8-26-9-5-17/h2-5,7-9,13,16H,6,10-11,14-15H2,1H3,(H,28,30)/t16-/m0/s1. The number of nitrogens with zero attached hydrogens (tertiary/aromatic N) is 4. The number of hydrogen-bond acceptors (Lipinski definition) is 7. The number of anilines is 1. The number of pyridine rings is 2. The molecule has 0 aliphatic carbocycles. The van der Waals surface area contributed by atoms with E-state index in [1.165, 1.54) is 11.3 Å². The molecule has 0 fully saturated rings. The van der Waals surface area contributed by atoms with E-state index < -0.39 is 6.09 Å². The van der Waals surface area contributed by atoms with Crippen molar-refractivity contribution >= 4 is 28.3 Å². The molecular weight excluding hydrogens is 438 g/mol. The smallest absolute Gasteiger partial charge is 0.410 e. The molecule has 0 bridgehead atoms. The molecule has 0 unspecified atom stereocenters. The molecule has 8 nitrogen and oxygen atoms in total. The first-order chi connectivity index (χ1) is 16.0. The van der Waals surface area contributed by atoms with Gasteiger partial charge in [0, 0.05) is 42.6 Å². The third-order valence-electron chi connectivity index (χ3n) is 5.54. The van der Waals surface area contributed by atoms with Crippen molar-refractivity contribution in [3.63, 3.8) is 0 Å². The third kappa shape index (κ3) is 5.35. The number of amides is 2. The molecule has 3 aromatic rings. The largest absolute Gasteiger partial charge is 0.445 e. The van der Waals surface area contributed by atoms with E-state index in [4.69, 9.17) is 4.74 Å². The highest BCUT2D eigenvalue weighted by atomic mass is 32.1. The van der Waals surface area contributed by atoms with Gasteiger partial charge in [-0.15, -0.1) is 11.3 Å². The van der Waals surface area contributed by atoms with E-state index >= 15 is 0 Å². The van der Waals surface area contributed by atoms with Gasteiger partial charge in [0.2, 0.25) is 5.91 Å². The number of rotatable bonds is 6. The highest BCUT2D eigenvalue weighted by Gasteiger charge is 2.28. The summed E-state index contributed by atoms with van der Waals surface area (Å²) in [5, 5.41) is 13.2. The van der Waals surface area contributed by atoms with Crippen molar-refractivity contribution in [1.82, 2.24) is 14.9 Å². The molecule has 9 heteroatoms. The minimum atomic E-state index is -0.403. The van der Waals surface area contributed by atoms with Gasteiger partial charge >= 0.3 is 6.09 Å². The van der Waals surface area contributed by atoms with Crippen LogP contribution < -0.4 is 5.32 Å². The third-order valence-corrected chi connectivity index (χ3v) is 6.67. The second-order valence-electron chi connectivity index (χ2n) is 7.84. The summed E-state index contributed by atoms with van der Waals surface area (Å²) in [5.74, 6) is -0.153. The Morgan fingerprint density at radius 1 is 1.27 bits per heavy atom. The zero-order chi connectivity index (χ0) is 23.2. The maximum Gasteiger partial charge on any atom is 0.410 e. The fourth-order valence-electron chi connectivity index (χ4n) is 3.72. The molecule has 3 aromatic heterocycles. The van der Waals surface area contributed by atoms with E-state index in [0.29, 0.717) is 30.1 Å². The van der Waals surface area contributed by atoms with Crippen LogP contribution in [-0.2, 0) is 29.1 Å². The first-order valence-corrected chi connectivity index (χ1v) is 11.4. The average Bonchev–Trinajstić information content (AvgIpc) is 3.19. The minimum absolute atomic E-state index is 0.00415. The lowest BCUT2D eigenvalue weighted by Crippen LogP contribution is -2.35. The summed E-state index contributed by atoms with van der Waals surface area (Å²) in [6.07, 6.45) is 7.18. The van der Waals surface area contributed by atoms with Gasteiger partial charge in [-0.3, -0.25) is 14.8 Å². The van der Waals surface area contributed by atoms with Crippen LogP contribution in [0.15, 0.2) is 49.1 Å². The van der Waals surface area contributed by atoms with Crippen LogP contribution >= 0.6 is 11.3 Å². The number of ether oxygens (including phenoxy) is 1. The molecule has 1 aliphatic heterocycles. The zero-order valence-corrected chi connectivity index (χ0v) is 19.0. The van der Waals surface area contributed by atoms with E-state index in [2.05, 4.69) is 21.4 Å². The molecule has 0 saturated carbocycles. The van der Waals surface area contributed by atoms with E-state index in [-0.39, 0.29) is 24.9 Å². The van der Waals surface area contributed by atoms with Gasteiger partial charge in [0.15, 0.2) is 0 Å². The van der Waals surface area contributed by atoms with Crippen molar-refractivity contribution in [2.45, 2.75) is 38.8 Å². The Morgan fingerprint density at radius 3 is 2.82 bits per heavy atom. The molecule has 33 heavy (non-hydrogen) atoms. The summed E-state index contributed by atoms with van der Waals surface area (Å²) in [5.41, 5.74) is 3.24. The molecule has 1 N–H and O–H groups in total. The quantitative estimate of drug-likeness (QED) is 0.588. The van der Waals surface area contributed by atoms with Crippen molar-refractivity contribution in [3.8, 4) is 6.07 Å². The molecule has 1 aliphatic rings. The van der Waals surface area contributed by atoms with Crippen LogP contribution in [-0.4, -0.2) is 33.4 Å². The van der Waals surface area contributed by atoms with Crippen molar-refractivity contribution in [2.75, 3.05) is 11.9 Å². The molecule has 0 saturated heterocycles. The first kappa shape index (κ1) is 22.4. The highest BCUT2D eigenvalue weighted by molar-refractivity contribution is 7.16. The van der Waals surface area contributed by atoms with E-state index in [0.717, 1.165) is 21.6 Å². The molecular formula is C24H23N5O3S. The summed E-state index contributed by atoms with van der Waals surface area (Å²) in [7, 11) is 0. The van der Waals surface area contributed by atoms with Gasteiger partial charge in [0.1, 0.15) is 17.7 Å². The summed E-state index contributed by atoms with van der Waals surface area (Å²) in [6, 6.07) is 9.61. The molecule has 4 heterocycles. The molecule has 0 radical (unpaired) electrons. The van der Waals surface area contributed by atoms with Gasteiger partial charge < -0.3 is 15.0 Å². The molecule has 2 amide bonds. The van der Waals surface area contributed by atoms with Gasteiger partial charge in [0.05, 0.1) is 12.1 Å². The SMILES string of the molecule is C[C@@H](CC(=O)Nc1sc2c(c1C#N)CCN(C(=O)OCc1ccncc1)C2)c1cccnc1. The average molecular weight is 462 g/mol. The number of hydrogen-bond donors (Lipinski definition) is 1. The number of nitriles is 1. The van der Waals surface area contributed by atoms with Crippen LogP contribution in [0.1, 0.15) is 46.4 Å². The van der Waals surface area contributed by atoms with Crippen LogP contribution in [0.2, 0.25) is 0 Å². The van der Waals surface area contributed by atoms with Crippen LogP contribution in [0.4, 0.5) is 9.80 Å². The van der Waals surface area contributed by atoms with Gasteiger partial charge in [0.25, 0.3) is 0 Å². The van der Waals surface area contributed by atoms with Crippen molar-refractivity contribution in [3.05, 3.63) is 76.2 Å². The number of fused-ring (bicyclic) bond motifs is 1. The van der Waals surface area contributed by atoms with Gasteiger partial charge in [-0.2, -0.15) is 5.26 Å². The van der Waals surface area contributed by atoms with Gasteiger partial charge in [-0.25, -0.2) is 4.79 Å². The first-order valence-electron chi connectivity index (χ1n) is 10.6. The maximum absolute atomic E-state index is 12.6. The predicted molar refractivity (Wildman–Crippen MR) is 123 cm³/mol. The molecule has 168 valence electrons. The molecule has 0 aromatic carbocycles. The van der Waals surface area contributed by atoms with Gasteiger partial charge in [-0.05, 0) is 47.2 Å².